The Kier molecular flexibility index (Phi) is 3.90. The Morgan fingerprint density at radius 3 is 2.21 bits per heavy atom. The first kappa shape index (κ1) is 14.4. The topological polar surface area (TPSA) is 66.5 Å². The second-order valence-electron chi connectivity index (χ2n) is 5.61. The zero-order chi connectivity index (χ0) is 16.2. The monoisotopic (exact) mass is 315 g/mol. The maximum absolute atomic E-state index is 4.36. The van der Waals surface area contributed by atoms with Gasteiger partial charge in [0, 0.05) is 12.5 Å². The number of rotatable bonds is 5. The second-order valence-corrected chi connectivity index (χ2v) is 5.61. The van der Waals surface area contributed by atoms with Crippen molar-refractivity contribution in [1.29, 1.82) is 0 Å². The minimum atomic E-state index is 0.240. The molecular formula is C19H17N5. The first-order valence-electron chi connectivity index (χ1n) is 7.89. The molecule has 0 aliphatic carbocycles. The van der Waals surface area contributed by atoms with E-state index in [9.17, 15) is 0 Å². The maximum Gasteiger partial charge on any atom is 0.160 e. The van der Waals surface area contributed by atoms with E-state index in [0.717, 1.165) is 23.4 Å². The van der Waals surface area contributed by atoms with Gasteiger partial charge in [-0.25, -0.2) is 9.97 Å². The van der Waals surface area contributed by atoms with Crippen LogP contribution in [0.3, 0.4) is 0 Å². The fourth-order valence-corrected chi connectivity index (χ4v) is 2.90. The van der Waals surface area contributed by atoms with Crippen molar-refractivity contribution in [3.63, 3.8) is 0 Å². The molecule has 2 aromatic heterocycles. The molecule has 0 unspecified atom stereocenters. The highest BCUT2D eigenvalue weighted by Crippen LogP contribution is 2.26. The lowest BCUT2D eigenvalue weighted by atomic mass is 9.91. The normalized spacial score (nSPS) is 11.0. The van der Waals surface area contributed by atoms with Crippen molar-refractivity contribution in [2.45, 2.75) is 5.92 Å². The van der Waals surface area contributed by atoms with Crippen LogP contribution in [-0.4, -0.2) is 26.7 Å². The molecule has 4 rings (SSSR count). The number of hydrogen-bond donors (Lipinski definition) is 2. The lowest BCUT2D eigenvalue weighted by Crippen LogP contribution is -2.15. The Morgan fingerprint density at radius 2 is 1.54 bits per heavy atom. The van der Waals surface area contributed by atoms with Crippen LogP contribution in [0.25, 0.3) is 11.0 Å². The number of H-pyrrole nitrogens is 1. The van der Waals surface area contributed by atoms with Crippen LogP contribution in [0.5, 0.6) is 0 Å². The maximum atomic E-state index is 4.36. The van der Waals surface area contributed by atoms with E-state index in [0.29, 0.717) is 0 Å². The Balaban J connectivity index is 1.64. The number of nitrogens with zero attached hydrogens (tertiary/aromatic N) is 3. The highest BCUT2D eigenvalue weighted by Gasteiger charge is 2.15. The molecule has 0 aliphatic heterocycles. The zero-order valence-corrected chi connectivity index (χ0v) is 13.1. The van der Waals surface area contributed by atoms with E-state index in [2.05, 4.69) is 74.0 Å². The molecule has 0 fully saturated rings. The molecule has 4 aromatic rings. The van der Waals surface area contributed by atoms with Crippen LogP contribution in [0.15, 0.2) is 73.2 Å². The standard InChI is InChI=1S/C19H17N5/c1-3-7-14(8-4-1)16(15-9-5-2-6-10-15)11-20-18-17-12-23-24-19(17)22-13-21-18/h1-10,12-13,16H,11H2,(H2,20,21,22,23,24). The van der Waals surface area contributed by atoms with Crippen LogP contribution in [-0.2, 0) is 0 Å². The van der Waals surface area contributed by atoms with E-state index in [4.69, 9.17) is 0 Å². The molecule has 0 atom stereocenters. The third kappa shape index (κ3) is 2.84. The Hall–Kier alpha value is -3.21. The molecule has 0 bridgehead atoms. The Labute approximate surface area is 139 Å². The summed E-state index contributed by atoms with van der Waals surface area (Å²) in [5.41, 5.74) is 3.28. The van der Waals surface area contributed by atoms with Crippen LogP contribution < -0.4 is 5.32 Å². The molecule has 0 radical (unpaired) electrons. The number of hydrogen-bond acceptors (Lipinski definition) is 4. The van der Waals surface area contributed by atoms with Gasteiger partial charge in [0.2, 0.25) is 0 Å². The van der Waals surface area contributed by atoms with Crippen LogP contribution in [0, 0.1) is 0 Å². The first-order valence-corrected chi connectivity index (χ1v) is 7.89. The molecule has 0 saturated carbocycles. The third-order valence-corrected chi connectivity index (χ3v) is 4.13. The van der Waals surface area contributed by atoms with E-state index >= 15 is 0 Å². The SMILES string of the molecule is c1ccc(C(CNc2ncnc3[nH]ncc23)c2ccccc2)cc1. The molecule has 0 amide bonds. The smallest absolute Gasteiger partial charge is 0.160 e. The molecule has 2 aromatic carbocycles. The zero-order valence-electron chi connectivity index (χ0n) is 13.1. The van der Waals surface area contributed by atoms with E-state index in [1.165, 1.54) is 11.1 Å². The van der Waals surface area contributed by atoms with Gasteiger partial charge in [-0.3, -0.25) is 5.10 Å². The molecule has 2 N–H and O–H groups in total. The number of aromatic nitrogens is 4. The van der Waals surface area contributed by atoms with Crippen molar-refractivity contribution in [3.8, 4) is 0 Å². The van der Waals surface area contributed by atoms with E-state index in [-0.39, 0.29) is 5.92 Å². The van der Waals surface area contributed by atoms with Gasteiger partial charge >= 0.3 is 0 Å². The summed E-state index contributed by atoms with van der Waals surface area (Å²) in [5, 5.41) is 11.3. The van der Waals surface area contributed by atoms with Crippen molar-refractivity contribution in [3.05, 3.63) is 84.3 Å². The summed E-state index contributed by atoms with van der Waals surface area (Å²) in [6, 6.07) is 21.0. The van der Waals surface area contributed by atoms with E-state index in [1.807, 2.05) is 12.1 Å². The molecule has 5 nitrogen and oxygen atoms in total. The van der Waals surface area contributed by atoms with Crippen LogP contribution in [0.2, 0.25) is 0 Å². The summed E-state index contributed by atoms with van der Waals surface area (Å²) in [5.74, 6) is 1.04. The fraction of sp³-hybridized carbons (Fsp3) is 0.105. The van der Waals surface area contributed by atoms with Crippen molar-refractivity contribution in [1.82, 2.24) is 20.2 Å². The van der Waals surface area contributed by atoms with Gasteiger partial charge in [-0.2, -0.15) is 5.10 Å². The number of nitrogens with one attached hydrogen (secondary N) is 2. The molecule has 5 heteroatoms. The van der Waals surface area contributed by atoms with Crippen molar-refractivity contribution >= 4 is 16.9 Å². The quantitative estimate of drug-likeness (QED) is 0.590. The number of aromatic amines is 1. The minimum absolute atomic E-state index is 0.240. The highest BCUT2D eigenvalue weighted by atomic mass is 15.2. The van der Waals surface area contributed by atoms with Gasteiger partial charge in [-0.05, 0) is 11.1 Å². The highest BCUT2D eigenvalue weighted by molar-refractivity contribution is 5.85. The molecular weight excluding hydrogens is 298 g/mol. The lowest BCUT2D eigenvalue weighted by molar-refractivity contribution is 0.849. The van der Waals surface area contributed by atoms with Crippen LogP contribution in [0.1, 0.15) is 17.0 Å². The van der Waals surface area contributed by atoms with Gasteiger partial charge in [0.25, 0.3) is 0 Å². The molecule has 0 saturated heterocycles. The van der Waals surface area contributed by atoms with Crippen LogP contribution in [0.4, 0.5) is 5.82 Å². The Morgan fingerprint density at radius 1 is 0.875 bits per heavy atom. The molecule has 24 heavy (non-hydrogen) atoms. The predicted molar refractivity (Wildman–Crippen MR) is 94.9 cm³/mol. The summed E-state index contributed by atoms with van der Waals surface area (Å²) < 4.78 is 0. The van der Waals surface area contributed by atoms with Gasteiger partial charge in [-0.1, -0.05) is 60.7 Å². The molecule has 0 spiro atoms. The third-order valence-electron chi connectivity index (χ3n) is 4.13. The number of anilines is 1. The van der Waals surface area contributed by atoms with Gasteiger partial charge in [0.1, 0.15) is 12.1 Å². The molecule has 0 aliphatic rings. The number of fused-ring (bicyclic) bond motifs is 1. The van der Waals surface area contributed by atoms with Crippen LogP contribution >= 0.6 is 0 Å². The minimum Gasteiger partial charge on any atom is -0.368 e. The molecule has 118 valence electrons. The largest absolute Gasteiger partial charge is 0.368 e. The fourth-order valence-electron chi connectivity index (χ4n) is 2.90. The first-order chi connectivity index (χ1) is 11.9. The van der Waals surface area contributed by atoms with E-state index < -0.39 is 0 Å². The van der Waals surface area contributed by atoms with Crippen molar-refractivity contribution in [2.24, 2.45) is 0 Å². The Bertz CT molecular complexity index is 879. The van der Waals surface area contributed by atoms with Gasteiger partial charge < -0.3 is 5.32 Å². The summed E-state index contributed by atoms with van der Waals surface area (Å²) >= 11 is 0. The van der Waals surface area contributed by atoms with Crippen molar-refractivity contribution < 1.29 is 0 Å². The predicted octanol–water partition coefficient (Wildman–Crippen LogP) is 3.60. The second kappa shape index (κ2) is 6.50. The summed E-state index contributed by atoms with van der Waals surface area (Å²) in [6.07, 6.45) is 3.29. The average Bonchev–Trinajstić information content (AvgIpc) is 3.13. The van der Waals surface area contributed by atoms with E-state index in [1.54, 1.807) is 12.5 Å². The molecule has 2 heterocycles. The van der Waals surface area contributed by atoms with Gasteiger partial charge in [0.15, 0.2) is 5.65 Å². The summed E-state index contributed by atoms with van der Waals surface area (Å²) in [4.78, 5) is 8.53. The number of benzene rings is 2. The average molecular weight is 315 g/mol. The summed E-state index contributed by atoms with van der Waals surface area (Å²) in [6.45, 7) is 0.741. The summed E-state index contributed by atoms with van der Waals surface area (Å²) in [7, 11) is 0. The van der Waals surface area contributed by atoms with Crippen molar-refractivity contribution in [2.75, 3.05) is 11.9 Å². The van der Waals surface area contributed by atoms with Gasteiger partial charge in [0.05, 0.1) is 11.6 Å². The lowest BCUT2D eigenvalue weighted by Gasteiger charge is -2.19. The van der Waals surface area contributed by atoms with Gasteiger partial charge in [-0.15, -0.1) is 0 Å².